The summed E-state index contributed by atoms with van der Waals surface area (Å²) in [7, 11) is -1.17. The second-order valence-electron chi connectivity index (χ2n) is 10.4. The van der Waals surface area contributed by atoms with Crippen molar-refractivity contribution < 1.29 is 22.7 Å². The number of carbonyl (C=O) groups excluding carboxylic acids is 2. The lowest BCUT2D eigenvalue weighted by Crippen LogP contribution is -2.53. The molecule has 0 bridgehead atoms. The third kappa shape index (κ3) is 7.81. The zero-order valence-corrected chi connectivity index (χ0v) is 25.7. The fourth-order valence-electron chi connectivity index (χ4n) is 4.86. The van der Waals surface area contributed by atoms with Gasteiger partial charge in [0.15, 0.2) is 0 Å². The lowest BCUT2D eigenvalue weighted by molar-refractivity contribution is -0.139. The first kappa shape index (κ1) is 31.3. The van der Waals surface area contributed by atoms with E-state index in [-0.39, 0.29) is 29.5 Å². The smallest absolute Gasteiger partial charge is 0.264 e. The molecule has 8 nitrogen and oxygen atoms in total. The highest BCUT2D eigenvalue weighted by Gasteiger charge is 2.34. The van der Waals surface area contributed by atoms with Crippen LogP contribution in [0.5, 0.6) is 5.75 Å². The number of sulfonamides is 1. The van der Waals surface area contributed by atoms with Crippen LogP contribution in [-0.4, -0.2) is 51.9 Å². The van der Waals surface area contributed by atoms with Crippen LogP contribution in [-0.2, 0) is 32.6 Å². The summed E-state index contributed by atoms with van der Waals surface area (Å²) in [5.41, 5.74) is 3.87. The number of hydrogen-bond donors (Lipinski definition) is 1. The molecule has 1 N–H and O–H groups in total. The normalized spacial score (nSPS) is 11.8. The summed E-state index contributed by atoms with van der Waals surface area (Å²) >= 11 is 0. The number of benzene rings is 4. The Morgan fingerprint density at radius 1 is 0.814 bits per heavy atom. The van der Waals surface area contributed by atoms with E-state index in [1.807, 2.05) is 68.4 Å². The Bertz CT molecular complexity index is 1660. The monoisotopic (exact) mass is 599 g/mol. The van der Waals surface area contributed by atoms with Crippen LogP contribution in [0, 0.1) is 13.8 Å². The minimum Gasteiger partial charge on any atom is -0.497 e. The Hall–Kier alpha value is -4.63. The molecule has 9 heteroatoms. The minimum absolute atomic E-state index is 0.0473. The highest BCUT2D eigenvalue weighted by Crippen LogP contribution is 2.28. The number of aryl methyl sites for hydroxylation is 2. The molecule has 1 atom stereocenters. The van der Waals surface area contributed by atoms with E-state index in [0.717, 1.165) is 26.6 Å². The molecule has 0 radical (unpaired) electrons. The van der Waals surface area contributed by atoms with E-state index in [0.29, 0.717) is 5.75 Å². The van der Waals surface area contributed by atoms with E-state index in [2.05, 4.69) is 5.32 Å². The highest BCUT2D eigenvalue weighted by atomic mass is 32.2. The van der Waals surface area contributed by atoms with E-state index in [1.54, 1.807) is 36.4 Å². The highest BCUT2D eigenvalue weighted by molar-refractivity contribution is 7.92. The SMILES string of the molecule is CNC(=O)[C@H](Cc1ccccc1)N(Cc1cccc(C)c1)C(=O)CN(c1cccc(OC)c1)S(=O)(=O)c1ccc(C)cc1. The first-order valence-electron chi connectivity index (χ1n) is 14.0. The van der Waals surface area contributed by atoms with E-state index >= 15 is 0 Å². The van der Waals surface area contributed by atoms with E-state index < -0.39 is 28.5 Å². The van der Waals surface area contributed by atoms with Crippen LogP contribution in [0.4, 0.5) is 5.69 Å². The average molecular weight is 600 g/mol. The van der Waals surface area contributed by atoms with Gasteiger partial charge in [-0.25, -0.2) is 8.42 Å². The molecule has 0 fully saturated rings. The molecule has 2 amide bonds. The molecule has 4 rings (SSSR count). The van der Waals surface area contributed by atoms with Crippen molar-refractivity contribution in [2.45, 2.75) is 37.8 Å². The molecule has 0 aliphatic rings. The summed E-state index contributed by atoms with van der Waals surface area (Å²) in [5.74, 6) is -0.429. The fraction of sp³-hybridized carbons (Fsp3) is 0.235. The third-order valence-corrected chi connectivity index (χ3v) is 8.97. The Morgan fingerprint density at radius 2 is 1.49 bits per heavy atom. The predicted molar refractivity (Wildman–Crippen MR) is 168 cm³/mol. The van der Waals surface area contributed by atoms with Crippen LogP contribution in [0.25, 0.3) is 0 Å². The molecular formula is C34H37N3O5S. The van der Waals surface area contributed by atoms with Crippen LogP contribution < -0.4 is 14.4 Å². The number of carbonyl (C=O) groups is 2. The summed E-state index contributed by atoms with van der Waals surface area (Å²) in [5, 5.41) is 2.70. The van der Waals surface area contributed by atoms with Gasteiger partial charge in [0.1, 0.15) is 18.3 Å². The van der Waals surface area contributed by atoms with Crippen molar-refractivity contribution in [3.8, 4) is 5.75 Å². The van der Waals surface area contributed by atoms with Crippen molar-refractivity contribution in [3.05, 3.63) is 125 Å². The van der Waals surface area contributed by atoms with Crippen LogP contribution >= 0.6 is 0 Å². The van der Waals surface area contributed by atoms with Crippen molar-refractivity contribution in [2.75, 3.05) is 25.0 Å². The van der Waals surface area contributed by atoms with E-state index in [9.17, 15) is 18.0 Å². The van der Waals surface area contributed by atoms with Crippen molar-refractivity contribution in [3.63, 3.8) is 0 Å². The van der Waals surface area contributed by atoms with E-state index in [4.69, 9.17) is 4.74 Å². The summed E-state index contributed by atoms with van der Waals surface area (Å²) in [6, 6.07) is 29.3. The first-order chi connectivity index (χ1) is 20.6. The maximum absolute atomic E-state index is 14.4. The topological polar surface area (TPSA) is 96.0 Å². The minimum atomic E-state index is -4.18. The molecule has 4 aromatic rings. The standard InChI is InChI=1S/C34H37N3O5S/c1-25-16-18-31(19-17-25)43(40,41)37(29-14-9-15-30(22-29)42-4)24-33(38)36(23-28-13-8-10-26(2)20-28)32(34(39)35-3)21-27-11-6-5-7-12-27/h5-20,22,32H,21,23-24H2,1-4H3,(H,35,39)/t32-/m0/s1. The number of rotatable bonds is 12. The van der Waals surface area contributed by atoms with Gasteiger partial charge in [-0.3, -0.25) is 13.9 Å². The molecule has 0 saturated carbocycles. The average Bonchev–Trinajstić information content (AvgIpc) is 3.01. The largest absolute Gasteiger partial charge is 0.497 e. The molecule has 0 saturated heterocycles. The number of likely N-dealkylation sites (N-methyl/N-ethyl adjacent to an activating group) is 1. The fourth-order valence-corrected chi connectivity index (χ4v) is 6.27. The Balaban J connectivity index is 1.80. The van der Waals surface area contributed by atoms with Gasteiger partial charge in [0, 0.05) is 26.1 Å². The van der Waals surface area contributed by atoms with Crippen molar-refractivity contribution in [1.82, 2.24) is 10.2 Å². The second kappa shape index (κ2) is 14.0. The number of methoxy groups -OCH3 is 1. The van der Waals surface area contributed by atoms with Gasteiger partial charge < -0.3 is 15.0 Å². The van der Waals surface area contributed by atoms with Crippen LogP contribution in [0.1, 0.15) is 22.3 Å². The van der Waals surface area contributed by atoms with Gasteiger partial charge in [-0.2, -0.15) is 0 Å². The Kier molecular flexibility index (Phi) is 10.2. The number of anilines is 1. The first-order valence-corrected chi connectivity index (χ1v) is 15.4. The van der Waals surface area contributed by atoms with E-state index in [1.165, 1.54) is 31.2 Å². The maximum Gasteiger partial charge on any atom is 0.264 e. The number of hydrogen-bond acceptors (Lipinski definition) is 5. The molecule has 224 valence electrons. The van der Waals surface area contributed by atoms with Gasteiger partial charge >= 0.3 is 0 Å². The zero-order valence-electron chi connectivity index (χ0n) is 24.9. The number of amides is 2. The van der Waals surface area contributed by atoms with Gasteiger partial charge in [-0.15, -0.1) is 0 Å². The third-order valence-electron chi connectivity index (χ3n) is 7.18. The number of nitrogens with one attached hydrogen (secondary N) is 1. The van der Waals surface area contributed by atoms with Crippen LogP contribution in [0.3, 0.4) is 0 Å². The summed E-state index contributed by atoms with van der Waals surface area (Å²) < 4.78 is 34.6. The molecule has 0 aliphatic heterocycles. The van der Waals surface area contributed by atoms with Crippen LogP contribution in [0.15, 0.2) is 108 Å². The molecule has 0 heterocycles. The number of nitrogens with zero attached hydrogens (tertiary/aromatic N) is 2. The van der Waals surface area contributed by atoms with Gasteiger partial charge in [-0.1, -0.05) is 83.9 Å². The quantitative estimate of drug-likeness (QED) is 0.250. The lowest BCUT2D eigenvalue weighted by atomic mass is 10.0. The van der Waals surface area contributed by atoms with Crippen molar-refractivity contribution in [2.24, 2.45) is 0 Å². The van der Waals surface area contributed by atoms with Crippen molar-refractivity contribution in [1.29, 1.82) is 0 Å². The Labute approximate surface area is 254 Å². The van der Waals surface area contributed by atoms with Crippen LogP contribution in [0.2, 0.25) is 0 Å². The predicted octanol–water partition coefficient (Wildman–Crippen LogP) is 4.89. The zero-order chi connectivity index (χ0) is 31.0. The Morgan fingerprint density at radius 3 is 2.14 bits per heavy atom. The van der Waals surface area contributed by atoms with Gasteiger partial charge in [-0.05, 0) is 49.2 Å². The molecule has 43 heavy (non-hydrogen) atoms. The molecule has 0 aliphatic carbocycles. The summed E-state index contributed by atoms with van der Waals surface area (Å²) in [6.45, 7) is 3.41. The molecule has 0 unspecified atom stereocenters. The van der Waals surface area contributed by atoms with Gasteiger partial charge in [0.25, 0.3) is 10.0 Å². The second-order valence-corrected chi connectivity index (χ2v) is 12.2. The maximum atomic E-state index is 14.4. The summed E-state index contributed by atoms with van der Waals surface area (Å²) in [4.78, 5) is 29.2. The molecule has 0 spiro atoms. The molecule has 4 aromatic carbocycles. The lowest BCUT2D eigenvalue weighted by Gasteiger charge is -2.33. The van der Waals surface area contributed by atoms with Crippen molar-refractivity contribution >= 4 is 27.5 Å². The van der Waals surface area contributed by atoms with Gasteiger partial charge in [0.2, 0.25) is 11.8 Å². The van der Waals surface area contributed by atoms with Gasteiger partial charge in [0.05, 0.1) is 17.7 Å². The summed E-state index contributed by atoms with van der Waals surface area (Å²) in [6.07, 6.45) is 0.252. The molecular weight excluding hydrogens is 562 g/mol. The molecule has 0 aromatic heterocycles. The number of ether oxygens (including phenoxy) is 1.